The zero-order valence-electron chi connectivity index (χ0n) is 17.3. The average molecular weight is 531 g/mol. The number of halogens is 7. The van der Waals surface area contributed by atoms with Gasteiger partial charge in [-0.15, -0.1) is 0 Å². The Morgan fingerprint density at radius 1 is 1.26 bits per heavy atom. The van der Waals surface area contributed by atoms with Crippen LogP contribution >= 0.6 is 11.6 Å². The second kappa shape index (κ2) is 9.23. The van der Waals surface area contributed by atoms with E-state index in [1.807, 2.05) is 0 Å². The summed E-state index contributed by atoms with van der Waals surface area (Å²) in [6.45, 7) is -1.28. The van der Waals surface area contributed by atoms with Gasteiger partial charge in [0.15, 0.2) is 6.10 Å². The highest BCUT2D eigenvalue weighted by atomic mass is 35.5. The number of amides is 1. The van der Waals surface area contributed by atoms with Gasteiger partial charge in [0.1, 0.15) is 5.03 Å². The highest BCUT2D eigenvalue weighted by Crippen LogP contribution is 2.40. The van der Waals surface area contributed by atoms with Gasteiger partial charge in [-0.3, -0.25) is 4.79 Å². The number of carbonyl (C=O) groups excluding carboxylic acids is 1. The number of nitrogens with zero attached hydrogens (tertiary/aromatic N) is 2. The Kier molecular flexibility index (Phi) is 7.06. The predicted octanol–water partition coefficient (Wildman–Crippen LogP) is 4.81. The lowest BCUT2D eigenvalue weighted by Crippen LogP contribution is -2.49. The molecule has 1 aromatic carbocycles. The zero-order valence-corrected chi connectivity index (χ0v) is 18.8. The monoisotopic (exact) mass is 530 g/mol. The molecule has 0 unspecified atom stereocenters. The molecular formula is C19H17ClF6N4O3S. The highest BCUT2D eigenvalue weighted by molar-refractivity contribution is 7.91. The number of rotatable bonds is 4. The van der Waals surface area contributed by atoms with Gasteiger partial charge in [0.05, 0.1) is 44.7 Å². The van der Waals surface area contributed by atoms with E-state index in [0.29, 0.717) is 6.07 Å². The van der Waals surface area contributed by atoms with Crippen molar-refractivity contribution in [1.82, 2.24) is 4.98 Å². The summed E-state index contributed by atoms with van der Waals surface area (Å²) in [7, 11) is -3.26. The standard InChI is InChI=1S/C19H17ClF6N4O3S/c1-34(27,32)16-6-10(2-3-28-16)29-17(31)11-7-12(18(21,22)23)13(20)8-14(11)30-4-5-33-15(9-30)19(24,25)26/h2-3,6-8,15,27H,4-5,9H2,1H3,(H,28,29,31)/t15-,34-/m1/s1. The first-order valence-electron chi connectivity index (χ1n) is 9.42. The van der Waals surface area contributed by atoms with E-state index in [1.165, 1.54) is 6.07 Å². The molecule has 15 heteroatoms. The Balaban J connectivity index is 2.05. The molecule has 1 saturated heterocycles. The van der Waals surface area contributed by atoms with E-state index in [2.05, 4.69) is 10.3 Å². The van der Waals surface area contributed by atoms with Crippen molar-refractivity contribution in [2.45, 2.75) is 23.5 Å². The molecule has 2 heterocycles. The van der Waals surface area contributed by atoms with Crippen molar-refractivity contribution >= 4 is 38.6 Å². The fourth-order valence-corrected chi connectivity index (χ4v) is 4.07. The zero-order chi connectivity index (χ0) is 25.5. The van der Waals surface area contributed by atoms with Gasteiger partial charge >= 0.3 is 12.4 Å². The molecule has 2 atom stereocenters. The number of aromatic nitrogens is 1. The van der Waals surface area contributed by atoms with Crippen LogP contribution in [-0.4, -0.2) is 53.3 Å². The first-order valence-corrected chi connectivity index (χ1v) is 11.8. The van der Waals surface area contributed by atoms with Crippen LogP contribution in [0, 0.1) is 4.78 Å². The van der Waals surface area contributed by atoms with Crippen LogP contribution in [0.4, 0.5) is 37.7 Å². The topological polar surface area (TPSA) is 95.4 Å². The largest absolute Gasteiger partial charge is 0.417 e. The summed E-state index contributed by atoms with van der Waals surface area (Å²) in [5.74, 6) is -1.09. The van der Waals surface area contributed by atoms with Crippen LogP contribution in [0.5, 0.6) is 0 Å². The minimum absolute atomic E-state index is 0.0265. The Hall–Kier alpha value is -2.58. The van der Waals surface area contributed by atoms with Gasteiger partial charge in [0.25, 0.3) is 5.91 Å². The highest BCUT2D eigenvalue weighted by Gasteiger charge is 2.44. The Morgan fingerprint density at radius 2 is 1.94 bits per heavy atom. The molecule has 34 heavy (non-hydrogen) atoms. The number of anilines is 2. The number of hydrogen-bond acceptors (Lipinski definition) is 6. The molecule has 3 rings (SSSR count). The molecule has 1 aliphatic rings. The van der Waals surface area contributed by atoms with Crippen LogP contribution in [0.2, 0.25) is 5.02 Å². The molecule has 1 amide bonds. The van der Waals surface area contributed by atoms with Gasteiger partial charge in [-0.2, -0.15) is 26.3 Å². The minimum Gasteiger partial charge on any atom is -0.366 e. The van der Waals surface area contributed by atoms with Crippen LogP contribution in [0.3, 0.4) is 0 Å². The van der Waals surface area contributed by atoms with Crippen molar-refractivity contribution in [2.24, 2.45) is 0 Å². The maximum Gasteiger partial charge on any atom is 0.417 e. The molecule has 1 fully saturated rings. The summed E-state index contributed by atoms with van der Waals surface area (Å²) in [6, 6.07) is 3.61. The SMILES string of the molecule is C[S@@](=N)(=O)c1cc(NC(=O)c2cc(C(F)(F)F)c(Cl)cc2N2CCO[C@@H](C(F)(F)F)C2)ccn1. The quantitative estimate of drug-likeness (QED) is 0.553. The van der Waals surface area contributed by atoms with Crippen LogP contribution in [-0.2, 0) is 20.6 Å². The molecule has 2 N–H and O–H groups in total. The van der Waals surface area contributed by atoms with Crippen molar-refractivity contribution in [3.05, 3.63) is 46.6 Å². The summed E-state index contributed by atoms with van der Waals surface area (Å²) in [4.78, 5) is 17.8. The molecule has 0 aliphatic carbocycles. The third kappa shape index (κ3) is 5.91. The van der Waals surface area contributed by atoms with Gasteiger partial charge in [-0.1, -0.05) is 11.6 Å². The van der Waals surface area contributed by atoms with Crippen molar-refractivity contribution in [3.63, 3.8) is 0 Å². The van der Waals surface area contributed by atoms with Gasteiger partial charge in [0.2, 0.25) is 0 Å². The summed E-state index contributed by atoms with van der Waals surface area (Å²) >= 11 is 5.77. The van der Waals surface area contributed by atoms with E-state index in [9.17, 15) is 35.3 Å². The lowest BCUT2D eigenvalue weighted by Gasteiger charge is -2.36. The van der Waals surface area contributed by atoms with Crippen LogP contribution in [0.1, 0.15) is 15.9 Å². The minimum atomic E-state index is -4.94. The number of nitrogens with one attached hydrogen (secondary N) is 2. The number of benzene rings is 1. The Bertz CT molecular complexity index is 1200. The molecular weight excluding hydrogens is 514 g/mol. The number of hydrogen-bond donors (Lipinski definition) is 2. The first kappa shape index (κ1) is 26.0. The van der Waals surface area contributed by atoms with Crippen molar-refractivity contribution in [2.75, 3.05) is 36.2 Å². The van der Waals surface area contributed by atoms with Crippen LogP contribution in [0.15, 0.2) is 35.5 Å². The van der Waals surface area contributed by atoms with E-state index >= 15 is 0 Å². The van der Waals surface area contributed by atoms with Gasteiger partial charge in [-0.05, 0) is 24.3 Å². The average Bonchev–Trinajstić information content (AvgIpc) is 2.71. The third-order valence-corrected chi connectivity index (χ3v) is 6.13. The number of morpholine rings is 1. The van der Waals surface area contributed by atoms with Crippen molar-refractivity contribution in [1.29, 1.82) is 4.78 Å². The van der Waals surface area contributed by atoms with Crippen LogP contribution < -0.4 is 10.2 Å². The molecule has 1 aromatic heterocycles. The molecule has 0 bridgehead atoms. The van der Waals surface area contributed by atoms with Crippen LogP contribution in [0.25, 0.3) is 0 Å². The number of pyridine rings is 1. The van der Waals surface area contributed by atoms with Crippen molar-refractivity contribution < 1.29 is 40.1 Å². The molecule has 7 nitrogen and oxygen atoms in total. The Labute approximate surface area is 195 Å². The van der Waals surface area contributed by atoms with E-state index < -0.39 is 56.8 Å². The number of alkyl halides is 6. The Morgan fingerprint density at radius 3 is 2.53 bits per heavy atom. The van der Waals surface area contributed by atoms with Gasteiger partial charge in [-0.25, -0.2) is 14.0 Å². The summed E-state index contributed by atoms with van der Waals surface area (Å²) < 4.78 is 104. The van der Waals surface area contributed by atoms with E-state index in [0.717, 1.165) is 29.5 Å². The van der Waals surface area contributed by atoms with Gasteiger partial charge in [0, 0.05) is 24.7 Å². The van der Waals surface area contributed by atoms with E-state index in [1.54, 1.807) is 0 Å². The fraction of sp³-hybridized carbons (Fsp3) is 0.368. The molecule has 2 aromatic rings. The maximum absolute atomic E-state index is 13.4. The molecule has 0 radical (unpaired) electrons. The lowest BCUT2D eigenvalue weighted by molar-refractivity contribution is -0.221. The number of carbonyl (C=O) groups is 1. The summed E-state index contributed by atoms with van der Waals surface area (Å²) in [5, 5.41) is 1.34. The third-order valence-electron chi connectivity index (χ3n) is 4.80. The predicted molar refractivity (Wildman–Crippen MR) is 112 cm³/mol. The van der Waals surface area contributed by atoms with E-state index in [-0.39, 0.29) is 29.6 Å². The summed E-state index contributed by atoms with van der Waals surface area (Å²) in [5.41, 5.74) is -2.20. The second-order valence-corrected chi connectivity index (χ2v) is 9.89. The normalized spacial score (nSPS) is 18.9. The van der Waals surface area contributed by atoms with Crippen molar-refractivity contribution in [3.8, 4) is 0 Å². The molecule has 186 valence electrons. The molecule has 0 spiro atoms. The maximum atomic E-state index is 13.4. The van der Waals surface area contributed by atoms with E-state index in [4.69, 9.17) is 21.1 Å². The molecule has 0 saturated carbocycles. The summed E-state index contributed by atoms with van der Waals surface area (Å²) in [6.07, 6.45) is -9.65. The van der Waals surface area contributed by atoms with Gasteiger partial charge < -0.3 is 15.0 Å². The lowest BCUT2D eigenvalue weighted by atomic mass is 10.0. The second-order valence-electron chi connectivity index (χ2n) is 7.37. The smallest absolute Gasteiger partial charge is 0.366 e. The fourth-order valence-electron chi connectivity index (χ4n) is 3.19. The first-order chi connectivity index (χ1) is 15.6. The number of ether oxygens (including phenoxy) is 1. The molecule has 1 aliphatic heterocycles.